The average Bonchev–Trinajstić information content (AvgIpc) is 2.47. The highest BCUT2D eigenvalue weighted by Crippen LogP contribution is 2.30. The third-order valence-electron chi connectivity index (χ3n) is 4.09. The zero-order valence-corrected chi connectivity index (χ0v) is 12.8. The van der Waals surface area contributed by atoms with Crippen LogP contribution in [0.15, 0.2) is 30.3 Å². The Bertz CT molecular complexity index is 639. The lowest BCUT2D eigenvalue weighted by Crippen LogP contribution is -2.53. The maximum absolute atomic E-state index is 5.80. The lowest BCUT2D eigenvalue weighted by molar-refractivity contribution is 0.0638. The number of hydrogen-bond acceptors (Lipinski definition) is 4. The molecule has 0 spiro atoms. The van der Waals surface area contributed by atoms with Crippen molar-refractivity contribution in [2.45, 2.75) is 25.8 Å². The Morgan fingerprint density at radius 3 is 2.90 bits per heavy atom. The molecular formula is C17H23N3O. The molecule has 1 aliphatic heterocycles. The fourth-order valence-corrected chi connectivity index (χ4v) is 2.97. The summed E-state index contributed by atoms with van der Waals surface area (Å²) in [5.74, 6) is 1.06. The number of para-hydroxylation sites is 1. The number of ether oxygens (including phenoxy) is 1. The fourth-order valence-electron chi connectivity index (χ4n) is 2.97. The summed E-state index contributed by atoms with van der Waals surface area (Å²) in [5.41, 5.74) is 8.02. The molecule has 1 aromatic carbocycles. The molecule has 0 aliphatic carbocycles. The summed E-state index contributed by atoms with van der Waals surface area (Å²) in [6, 6.07) is 10.5. The minimum absolute atomic E-state index is 0.0446. The number of rotatable bonds is 3. The molecule has 4 heteroatoms. The second-order valence-electron chi connectivity index (χ2n) is 6.22. The van der Waals surface area contributed by atoms with Crippen LogP contribution in [-0.4, -0.2) is 36.8 Å². The normalized spacial score (nSPS) is 18.1. The van der Waals surface area contributed by atoms with Crippen molar-refractivity contribution in [3.8, 4) is 0 Å². The Labute approximate surface area is 125 Å². The van der Waals surface area contributed by atoms with Gasteiger partial charge in [0.2, 0.25) is 0 Å². The van der Waals surface area contributed by atoms with Crippen LogP contribution in [0.25, 0.3) is 10.9 Å². The number of anilines is 1. The van der Waals surface area contributed by atoms with E-state index in [9.17, 15) is 0 Å². The van der Waals surface area contributed by atoms with Gasteiger partial charge in [-0.3, -0.25) is 0 Å². The number of nitrogens with two attached hydrogens (primary N) is 1. The van der Waals surface area contributed by atoms with Gasteiger partial charge < -0.3 is 15.4 Å². The average molecular weight is 285 g/mol. The minimum Gasteiger partial charge on any atom is -0.377 e. The molecule has 4 nitrogen and oxygen atoms in total. The standard InChI is InChI=1S/C17H23N3O/c1-17(2)12-21-10-9-20(17)16-14(7-8-18)11-13-5-3-4-6-15(13)19-16/h3-6,11H,7-10,12,18H2,1-2H3. The summed E-state index contributed by atoms with van der Waals surface area (Å²) in [5, 5.41) is 1.18. The van der Waals surface area contributed by atoms with Crippen LogP contribution in [0, 0.1) is 0 Å². The Balaban J connectivity index is 2.12. The van der Waals surface area contributed by atoms with Crippen LogP contribution >= 0.6 is 0 Å². The van der Waals surface area contributed by atoms with Crippen LogP contribution < -0.4 is 10.6 Å². The predicted octanol–water partition coefficient (Wildman–Crippen LogP) is 2.35. The van der Waals surface area contributed by atoms with Gasteiger partial charge in [0, 0.05) is 11.9 Å². The highest BCUT2D eigenvalue weighted by molar-refractivity contribution is 5.82. The Morgan fingerprint density at radius 1 is 1.33 bits per heavy atom. The molecule has 0 unspecified atom stereocenters. The van der Waals surface area contributed by atoms with Crippen LogP contribution in [0.3, 0.4) is 0 Å². The maximum Gasteiger partial charge on any atom is 0.133 e. The van der Waals surface area contributed by atoms with Crippen molar-refractivity contribution in [3.05, 3.63) is 35.9 Å². The van der Waals surface area contributed by atoms with E-state index in [1.807, 2.05) is 6.07 Å². The molecule has 2 N–H and O–H groups in total. The van der Waals surface area contributed by atoms with Gasteiger partial charge in [-0.15, -0.1) is 0 Å². The van der Waals surface area contributed by atoms with Crippen molar-refractivity contribution in [1.82, 2.24) is 4.98 Å². The van der Waals surface area contributed by atoms with Crippen LogP contribution in [0.1, 0.15) is 19.4 Å². The topological polar surface area (TPSA) is 51.4 Å². The van der Waals surface area contributed by atoms with E-state index < -0.39 is 0 Å². The van der Waals surface area contributed by atoms with Gasteiger partial charge in [-0.25, -0.2) is 4.98 Å². The SMILES string of the molecule is CC1(C)COCCN1c1nc2ccccc2cc1CCN. The van der Waals surface area contributed by atoms with Gasteiger partial charge in [0.25, 0.3) is 0 Å². The van der Waals surface area contributed by atoms with Gasteiger partial charge in [0.05, 0.1) is 24.3 Å². The first kappa shape index (κ1) is 14.3. The summed E-state index contributed by atoms with van der Waals surface area (Å²) in [6.45, 7) is 7.39. The molecule has 1 aromatic heterocycles. The van der Waals surface area contributed by atoms with Crippen LogP contribution in [0.5, 0.6) is 0 Å². The lowest BCUT2D eigenvalue weighted by Gasteiger charge is -2.43. The zero-order chi connectivity index (χ0) is 14.9. The molecule has 21 heavy (non-hydrogen) atoms. The molecule has 1 fully saturated rings. The molecule has 0 saturated carbocycles. The second kappa shape index (κ2) is 5.62. The van der Waals surface area contributed by atoms with E-state index in [1.54, 1.807) is 0 Å². The summed E-state index contributed by atoms with van der Waals surface area (Å²) in [4.78, 5) is 7.30. The van der Waals surface area contributed by atoms with E-state index in [4.69, 9.17) is 15.5 Å². The molecule has 112 valence electrons. The number of aromatic nitrogens is 1. The molecule has 2 aromatic rings. The minimum atomic E-state index is -0.0446. The van der Waals surface area contributed by atoms with E-state index in [0.29, 0.717) is 6.54 Å². The number of hydrogen-bond donors (Lipinski definition) is 1. The Kier molecular flexibility index (Phi) is 3.83. The highest BCUT2D eigenvalue weighted by atomic mass is 16.5. The molecule has 0 atom stereocenters. The zero-order valence-electron chi connectivity index (χ0n) is 12.8. The molecule has 0 radical (unpaired) electrons. The third kappa shape index (κ3) is 2.74. The van der Waals surface area contributed by atoms with Crippen molar-refractivity contribution >= 4 is 16.7 Å². The van der Waals surface area contributed by atoms with Crippen LogP contribution in [-0.2, 0) is 11.2 Å². The smallest absolute Gasteiger partial charge is 0.133 e. The van der Waals surface area contributed by atoms with Gasteiger partial charge >= 0.3 is 0 Å². The van der Waals surface area contributed by atoms with Gasteiger partial charge in [0.1, 0.15) is 5.82 Å². The Morgan fingerprint density at radius 2 is 2.14 bits per heavy atom. The number of morpholine rings is 1. The summed E-state index contributed by atoms with van der Waals surface area (Å²) in [7, 11) is 0. The molecule has 1 saturated heterocycles. The maximum atomic E-state index is 5.80. The lowest BCUT2D eigenvalue weighted by atomic mass is 10.00. The van der Waals surface area contributed by atoms with Gasteiger partial charge in [-0.1, -0.05) is 18.2 Å². The number of nitrogens with zero attached hydrogens (tertiary/aromatic N) is 2. The van der Waals surface area contributed by atoms with E-state index in [0.717, 1.165) is 37.5 Å². The second-order valence-corrected chi connectivity index (χ2v) is 6.22. The van der Waals surface area contributed by atoms with E-state index in [2.05, 4.69) is 43.0 Å². The molecule has 2 heterocycles. The first-order valence-electron chi connectivity index (χ1n) is 7.56. The fraction of sp³-hybridized carbons (Fsp3) is 0.471. The van der Waals surface area contributed by atoms with Crippen LogP contribution in [0.4, 0.5) is 5.82 Å². The third-order valence-corrected chi connectivity index (χ3v) is 4.09. The molecule has 3 rings (SSSR count). The van der Waals surface area contributed by atoms with Crippen molar-refractivity contribution in [2.75, 3.05) is 31.2 Å². The van der Waals surface area contributed by atoms with Crippen molar-refractivity contribution in [2.24, 2.45) is 5.73 Å². The summed E-state index contributed by atoms with van der Waals surface area (Å²) in [6.07, 6.45) is 0.848. The molecule has 1 aliphatic rings. The van der Waals surface area contributed by atoms with E-state index >= 15 is 0 Å². The first-order valence-corrected chi connectivity index (χ1v) is 7.56. The van der Waals surface area contributed by atoms with Gasteiger partial charge in [-0.05, 0) is 44.5 Å². The monoisotopic (exact) mass is 285 g/mol. The number of fused-ring (bicyclic) bond motifs is 1. The van der Waals surface area contributed by atoms with Gasteiger partial charge in [0.15, 0.2) is 0 Å². The highest BCUT2D eigenvalue weighted by Gasteiger charge is 2.32. The van der Waals surface area contributed by atoms with E-state index in [1.165, 1.54) is 10.9 Å². The quantitative estimate of drug-likeness (QED) is 0.940. The Hall–Kier alpha value is -1.65. The largest absolute Gasteiger partial charge is 0.377 e. The van der Waals surface area contributed by atoms with Crippen molar-refractivity contribution in [1.29, 1.82) is 0 Å². The van der Waals surface area contributed by atoms with Crippen LogP contribution in [0.2, 0.25) is 0 Å². The van der Waals surface area contributed by atoms with Gasteiger partial charge in [-0.2, -0.15) is 0 Å². The predicted molar refractivity (Wildman–Crippen MR) is 86.7 cm³/mol. The molecule has 0 amide bonds. The van der Waals surface area contributed by atoms with E-state index in [-0.39, 0.29) is 5.54 Å². The summed E-state index contributed by atoms with van der Waals surface area (Å²) < 4.78 is 5.63. The van der Waals surface area contributed by atoms with Crippen molar-refractivity contribution < 1.29 is 4.74 Å². The molecular weight excluding hydrogens is 262 g/mol. The first-order chi connectivity index (χ1) is 10.1. The summed E-state index contributed by atoms with van der Waals surface area (Å²) >= 11 is 0. The molecule has 0 bridgehead atoms. The number of pyridine rings is 1. The number of benzene rings is 1. The van der Waals surface area contributed by atoms with Crippen molar-refractivity contribution in [3.63, 3.8) is 0 Å².